The minimum Gasteiger partial charge on any atom is -0.367 e. The topological polar surface area (TPSA) is 32.8 Å². The van der Waals surface area contributed by atoms with Gasteiger partial charge in [-0.1, -0.05) is 56.5 Å². The van der Waals surface area contributed by atoms with Crippen LogP contribution in [0.2, 0.25) is 0 Å². The number of hydrogen-bond acceptors (Lipinski definition) is 3. The molecule has 0 radical (unpaired) electrons. The van der Waals surface area contributed by atoms with E-state index in [0.717, 1.165) is 58.2 Å². The molecule has 160 valence electrons. The Labute approximate surface area is 176 Å². The predicted molar refractivity (Wildman–Crippen MR) is 117 cm³/mol. The second-order valence-corrected chi connectivity index (χ2v) is 9.53. The molecular weight excluding hydrogens is 360 g/mol. The normalized spacial score (nSPS) is 28.0. The van der Waals surface area contributed by atoms with E-state index in [-0.39, 0.29) is 17.6 Å². The monoisotopic (exact) mass is 398 g/mol. The molecule has 1 aromatic carbocycles. The molecular formula is C25H38N2O2. The van der Waals surface area contributed by atoms with Gasteiger partial charge in [-0.2, -0.15) is 0 Å². The minimum absolute atomic E-state index is 0.0871. The SMILES string of the molecule is CCN(C)[C@H]1C[C@@H](c2ccccc2)OC2(CCN(C(=O)C3CCCCC3)CC2)C1. The Balaban J connectivity index is 1.45. The van der Waals surface area contributed by atoms with Crippen molar-refractivity contribution in [3.63, 3.8) is 0 Å². The van der Waals surface area contributed by atoms with Gasteiger partial charge in [0.25, 0.3) is 0 Å². The van der Waals surface area contributed by atoms with Gasteiger partial charge >= 0.3 is 0 Å². The quantitative estimate of drug-likeness (QED) is 0.730. The van der Waals surface area contributed by atoms with Gasteiger partial charge in [-0.25, -0.2) is 0 Å². The number of benzene rings is 1. The Bertz CT molecular complexity index is 663. The van der Waals surface area contributed by atoms with Crippen molar-refractivity contribution in [3.8, 4) is 0 Å². The number of likely N-dealkylation sites (tertiary alicyclic amines) is 1. The van der Waals surface area contributed by atoms with E-state index in [0.29, 0.717) is 11.9 Å². The number of nitrogens with zero attached hydrogens (tertiary/aromatic N) is 2. The maximum atomic E-state index is 13.0. The average molecular weight is 399 g/mol. The van der Waals surface area contributed by atoms with Crippen LogP contribution < -0.4 is 0 Å². The van der Waals surface area contributed by atoms with Crippen molar-refractivity contribution in [2.45, 2.75) is 82.5 Å². The standard InChI is InChI=1S/C25H38N2O2/c1-3-26(2)22-18-23(20-10-6-4-7-11-20)29-25(19-22)14-16-27(17-15-25)24(28)21-12-8-5-9-13-21/h4,6-7,10-11,21-23H,3,5,8-9,12-19H2,1-2H3/t22-,23-/m0/s1. The summed E-state index contributed by atoms with van der Waals surface area (Å²) in [4.78, 5) is 17.6. The molecule has 1 amide bonds. The maximum absolute atomic E-state index is 13.0. The zero-order valence-corrected chi connectivity index (χ0v) is 18.3. The van der Waals surface area contributed by atoms with Crippen molar-refractivity contribution < 1.29 is 9.53 Å². The van der Waals surface area contributed by atoms with E-state index in [1.807, 2.05) is 0 Å². The number of piperidine rings is 1. The number of carbonyl (C=O) groups excluding carboxylic acids is 1. The maximum Gasteiger partial charge on any atom is 0.225 e. The molecule has 29 heavy (non-hydrogen) atoms. The van der Waals surface area contributed by atoms with Crippen molar-refractivity contribution in [2.75, 3.05) is 26.7 Å². The highest BCUT2D eigenvalue weighted by Crippen LogP contribution is 2.44. The summed E-state index contributed by atoms with van der Waals surface area (Å²) >= 11 is 0. The molecule has 3 fully saturated rings. The molecule has 4 nitrogen and oxygen atoms in total. The summed E-state index contributed by atoms with van der Waals surface area (Å²) in [6.07, 6.45) is 10.2. The highest BCUT2D eigenvalue weighted by atomic mass is 16.5. The number of hydrogen-bond donors (Lipinski definition) is 0. The van der Waals surface area contributed by atoms with Gasteiger partial charge in [0.15, 0.2) is 0 Å². The molecule has 4 rings (SSSR count). The summed E-state index contributed by atoms with van der Waals surface area (Å²) in [5.74, 6) is 0.693. The van der Waals surface area contributed by atoms with Crippen molar-refractivity contribution >= 4 is 5.91 Å². The van der Waals surface area contributed by atoms with Crippen LogP contribution in [0, 0.1) is 5.92 Å². The van der Waals surface area contributed by atoms with Crippen LogP contribution in [0.3, 0.4) is 0 Å². The van der Waals surface area contributed by atoms with Crippen LogP contribution in [-0.2, 0) is 9.53 Å². The van der Waals surface area contributed by atoms with Crippen LogP contribution in [-0.4, -0.2) is 54.0 Å². The lowest BCUT2D eigenvalue weighted by Crippen LogP contribution is -2.55. The molecule has 3 aliphatic rings. The Morgan fingerprint density at radius 3 is 2.48 bits per heavy atom. The molecule has 1 aliphatic carbocycles. The number of rotatable bonds is 4. The summed E-state index contributed by atoms with van der Waals surface area (Å²) in [5, 5.41) is 0. The van der Waals surface area contributed by atoms with Gasteiger partial charge in [-0.05, 0) is 57.7 Å². The minimum atomic E-state index is -0.0871. The zero-order chi connectivity index (χ0) is 20.3. The van der Waals surface area contributed by atoms with E-state index in [2.05, 4.69) is 54.1 Å². The Morgan fingerprint density at radius 2 is 1.83 bits per heavy atom. The van der Waals surface area contributed by atoms with E-state index in [1.54, 1.807) is 0 Å². The lowest BCUT2D eigenvalue weighted by molar-refractivity contribution is -0.177. The first-order chi connectivity index (χ1) is 14.1. The van der Waals surface area contributed by atoms with Crippen LogP contribution in [0.15, 0.2) is 30.3 Å². The average Bonchev–Trinajstić information content (AvgIpc) is 2.79. The molecule has 0 N–H and O–H groups in total. The molecule has 1 aromatic rings. The van der Waals surface area contributed by atoms with Gasteiger partial charge in [0.1, 0.15) is 0 Å². The van der Waals surface area contributed by atoms with Crippen LogP contribution >= 0.6 is 0 Å². The summed E-state index contributed by atoms with van der Waals surface area (Å²) in [6.45, 7) is 5.03. The smallest absolute Gasteiger partial charge is 0.225 e. The van der Waals surface area contributed by atoms with Gasteiger partial charge in [0, 0.05) is 25.0 Å². The van der Waals surface area contributed by atoms with Gasteiger partial charge in [0.2, 0.25) is 5.91 Å². The van der Waals surface area contributed by atoms with Crippen LogP contribution in [0.5, 0.6) is 0 Å². The van der Waals surface area contributed by atoms with E-state index in [4.69, 9.17) is 4.74 Å². The summed E-state index contributed by atoms with van der Waals surface area (Å²) in [5.41, 5.74) is 1.21. The third kappa shape index (κ3) is 4.69. The molecule has 1 saturated carbocycles. The number of amides is 1. The molecule has 2 atom stereocenters. The van der Waals surface area contributed by atoms with Crippen molar-refractivity contribution in [2.24, 2.45) is 5.92 Å². The van der Waals surface area contributed by atoms with Gasteiger partial charge in [-0.15, -0.1) is 0 Å². The molecule has 4 heteroatoms. The zero-order valence-electron chi connectivity index (χ0n) is 18.3. The fourth-order valence-electron chi connectivity index (χ4n) is 5.69. The van der Waals surface area contributed by atoms with E-state index in [9.17, 15) is 4.79 Å². The highest BCUT2D eigenvalue weighted by molar-refractivity contribution is 5.79. The lowest BCUT2D eigenvalue weighted by Gasteiger charge is -2.51. The van der Waals surface area contributed by atoms with Gasteiger partial charge in [0.05, 0.1) is 11.7 Å². The third-order valence-electron chi connectivity index (χ3n) is 7.72. The van der Waals surface area contributed by atoms with Crippen LogP contribution in [0.25, 0.3) is 0 Å². The first-order valence-corrected chi connectivity index (χ1v) is 11.8. The van der Waals surface area contributed by atoms with Crippen molar-refractivity contribution in [3.05, 3.63) is 35.9 Å². The predicted octanol–water partition coefficient (Wildman–Crippen LogP) is 4.80. The van der Waals surface area contributed by atoms with Crippen LogP contribution in [0.4, 0.5) is 0 Å². The summed E-state index contributed by atoms with van der Waals surface area (Å²) in [6, 6.07) is 11.3. The molecule has 1 spiro atoms. The Morgan fingerprint density at radius 1 is 1.14 bits per heavy atom. The Hall–Kier alpha value is -1.39. The largest absolute Gasteiger partial charge is 0.367 e. The number of ether oxygens (including phenoxy) is 1. The van der Waals surface area contributed by atoms with E-state index >= 15 is 0 Å². The second kappa shape index (κ2) is 9.18. The molecule has 0 bridgehead atoms. The van der Waals surface area contributed by atoms with Crippen LogP contribution in [0.1, 0.15) is 76.4 Å². The molecule has 0 aromatic heterocycles. The van der Waals surface area contributed by atoms with Crippen molar-refractivity contribution in [1.82, 2.24) is 9.80 Å². The van der Waals surface area contributed by atoms with Crippen molar-refractivity contribution in [1.29, 1.82) is 0 Å². The molecule has 2 saturated heterocycles. The first kappa shape index (κ1) is 20.9. The molecule has 2 heterocycles. The van der Waals surface area contributed by atoms with Gasteiger partial charge < -0.3 is 14.5 Å². The number of carbonyl (C=O) groups is 1. The third-order valence-corrected chi connectivity index (χ3v) is 7.72. The Kier molecular flexibility index (Phi) is 6.60. The second-order valence-electron chi connectivity index (χ2n) is 9.53. The lowest BCUT2D eigenvalue weighted by atomic mass is 9.79. The molecule has 0 unspecified atom stereocenters. The first-order valence-electron chi connectivity index (χ1n) is 11.8. The fourth-order valence-corrected chi connectivity index (χ4v) is 5.69. The van der Waals surface area contributed by atoms with Gasteiger partial charge in [-0.3, -0.25) is 4.79 Å². The highest BCUT2D eigenvalue weighted by Gasteiger charge is 2.45. The van der Waals surface area contributed by atoms with E-state index in [1.165, 1.54) is 24.8 Å². The van der Waals surface area contributed by atoms with E-state index < -0.39 is 0 Å². The summed E-state index contributed by atoms with van der Waals surface area (Å²) in [7, 11) is 2.24. The fraction of sp³-hybridized carbons (Fsp3) is 0.720. The molecule has 2 aliphatic heterocycles. The summed E-state index contributed by atoms with van der Waals surface area (Å²) < 4.78 is 6.83.